The third-order valence-electron chi connectivity index (χ3n) is 2.64. The van der Waals surface area contributed by atoms with Gasteiger partial charge in [-0.2, -0.15) is 0 Å². The van der Waals surface area contributed by atoms with Crippen molar-refractivity contribution in [2.45, 2.75) is 26.4 Å². The molecule has 2 amide bonds. The van der Waals surface area contributed by atoms with Crippen molar-refractivity contribution in [3.05, 3.63) is 47.5 Å². The van der Waals surface area contributed by atoms with Gasteiger partial charge in [-0.05, 0) is 45.0 Å². The smallest absolute Gasteiger partial charge is 0.412 e. The van der Waals surface area contributed by atoms with Crippen LogP contribution in [0.2, 0.25) is 5.15 Å². The summed E-state index contributed by atoms with van der Waals surface area (Å²) in [6, 6.07) is 6.33. The van der Waals surface area contributed by atoms with E-state index in [0.29, 0.717) is 10.8 Å². The molecule has 2 aromatic heterocycles. The Morgan fingerprint density at radius 1 is 1.12 bits per heavy atom. The zero-order chi connectivity index (χ0) is 17.7. The van der Waals surface area contributed by atoms with Crippen molar-refractivity contribution in [3.8, 4) is 0 Å². The Hall–Kier alpha value is -2.67. The summed E-state index contributed by atoms with van der Waals surface area (Å²) >= 11 is 5.70. The molecular weight excluding hydrogens is 332 g/mol. The molecule has 0 unspecified atom stereocenters. The van der Waals surface area contributed by atoms with Gasteiger partial charge in [0.25, 0.3) is 5.91 Å². The molecule has 7 nitrogen and oxygen atoms in total. The predicted molar refractivity (Wildman–Crippen MR) is 91.3 cm³/mol. The Labute approximate surface area is 144 Å². The molecule has 0 aliphatic carbocycles. The maximum atomic E-state index is 12.4. The standard InChI is InChI=1S/C16H17ClN4O3/c1-16(2,3)24-15(23)21-11-5-4-8-18-13(11)14(22)20-10-6-7-12(17)19-9-10/h4-9H,1-3H3,(H,20,22)(H,21,23). The van der Waals surface area contributed by atoms with E-state index in [1.807, 2.05) is 0 Å². The number of nitrogens with zero attached hydrogens (tertiary/aromatic N) is 2. The molecule has 24 heavy (non-hydrogen) atoms. The SMILES string of the molecule is CC(C)(C)OC(=O)Nc1cccnc1C(=O)Nc1ccc(Cl)nc1. The number of nitrogens with one attached hydrogen (secondary N) is 2. The molecule has 8 heteroatoms. The van der Waals surface area contributed by atoms with Crippen LogP contribution in [-0.4, -0.2) is 27.6 Å². The number of anilines is 2. The molecule has 0 spiro atoms. The Morgan fingerprint density at radius 2 is 1.88 bits per heavy atom. The van der Waals surface area contributed by atoms with Gasteiger partial charge in [0.05, 0.1) is 17.6 Å². The van der Waals surface area contributed by atoms with Crippen LogP contribution in [0.15, 0.2) is 36.7 Å². The summed E-state index contributed by atoms with van der Waals surface area (Å²) in [5.74, 6) is -0.495. The van der Waals surface area contributed by atoms with Crippen molar-refractivity contribution in [2.24, 2.45) is 0 Å². The fraction of sp³-hybridized carbons (Fsp3) is 0.250. The minimum atomic E-state index is -0.669. The van der Waals surface area contributed by atoms with Crippen LogP contribution in [0.3, 0.4) is 0 Å². The van der Waals surface area contributed by atoms with Gasteiger partial charge in [0.1, 0.15) is 10.8 Å². The lowest BCUT2D eigenvalue weighted by molar-refractivity contribution is 0.0636. The van der Waals surface area contributed by atoms with Gasteiger partial charge in [0, 0.05) is 6.20 Å². The first-order chi connectivity index (χ1) is 11.2. The van der Waals surface area contributed by atoms with E-state index in [9.17, 15) is 9.59 Å². The van der Waals surface area contributed by atoms with Crippen LogP contribution in [0.25, 0.3) is 0 Å². The summed E-state index contributed by atoms with van der Waals surface area (Å²) in [5, 5.41) is 5.47. The van der Waals surface area contributed by atoms with E-state index in [0.717, 1.165) is 0 Å². The molecular formula is C16H17ClN4O3. The lowest BCUT2D eigenvalue weighted by Gasteiger charge is -2.20. The first kappa shape index (κ1) is 17.7. The first-order valence-electron chi connectivity index (χ1n) is 7.12. The van der Waals surface area contributed by atoms with Crippen LogP contribution < -0.4 is 10.6 Å². The van der Waals surface area contributed by atoms with Gasteiger partial charge < -0.3 is 10.1 Å². The van der Waals surface area contributed by atoms with Crippen LogP contribution in [-0.2, 0) is 4.74 Å². The normalized spacial score (nSPS) is 10.8. The first-order valence-corrected chi connectivity index (χ1v) is 7.50. The molecule has 2 rings (SSSR count). The molecule has 2 heterocycles. The van der Waals surface area contributed by atoms with Crippen LogP contribution in [0.5, 0.6) is 0 Å². The Morgan fingerprint density at radius 3 is 2.50 bits per heavy atom. The topological polar surface area (TPSA) is 93.2 Å². The van der Waals surface area contributed by atoms with Crippen LogP contribution in [0.1, 0.15) is 31.3 Å². The Kier molecular flexibility index (Phi) is 5.35. The molecule has 0 saturated carbocycles. The molecule has 0 saturated heterocycles. The summed E-state index contributed by atoms with van der Waals surface area (Å²) in [7, 11) is 0. The number of carbonyl (C=O) groups excluding carboxylic acids is 2. The summed E-state index contributed by atoms with van der Waals surface area (Å²) < 4.78 is 5.17. The van der Waals surface area contributed by atoms with Crippen LogP contribution >= 0.6 is 11.6 Å². The van der Waals surface area contributed by atoms with Crippen molar-refractivity contribution < 1.29 is 14.3 Å². The van der Waals surface area contributed by atoms with Gasteiger partial charge in [-0.3, -0.25) is 10.1 Å². The van der Waals surface area contributed by atoms with Crippen molar-refractivity contribution in [1.29, 1.82) is 0 Å². The molecule has 126 valence electrons. The fourth-order valence-corrected chi connectivity index (χ4v) is 1.85. The number of ether oxygens (including phenoxy) is 1. The maximum Gasteiger partial charge on any atom is 0.412 e. The highest BCUT2D eigenvalue weighted by atomic mass is 35.5. The van der Waals surface area contributed by atoms with Gasteiger partial charge in [0.15, 0.2) is 5.69 Å². The highest BCUT2D eigenvalue weighted by Gasteiger charge is 2.19. The average Bonchev–Trinajstić information content (AvgIpc) is 2.48. The largest absolute Gasteiger partial charge is 0.444 e. The zero-order valence-electron chi connectivity index (χ0n) is 13.5. The van der Waals surface area contributed by atoms with Crippen LogP contribution in [0, 0.1) is 0 Å². The second-order valence-electron chi connectivity index (χ2n) is 5.85. The Bertz CT molecular complexity index is 742. The van der Waals surface area contributed by atoms with E-state index in [1.54, 1.807) is 45.0 Å². The van der Waals surface area contributed by atoms with E-state index in [1.165, 1.54) is 12.4 Å². The highest BCUT2D eigenvalue weighted by molar-refractivity contribution is 6.29. The summed E-state index contributed by atoms with van der Waals surface area (Å²) in [5.41, 5.74) is 0.103. The van der Waals surface area contributed by atoms with E-state index < -0.39 is 17.6 Å². The minimum Gasteiger partial charge on any atom is -0.444 e. The van der Waals surface area contributed by atoms with Gasteiger partial charge in [-0.25, -0.2) is 14.8 Å². The van der Waals surface area contributed by atoms with E-state index >= 15 is 0 Å². The van der Waals surface area contributed by atoms with E-state index in [-0.39, 0.29) is 11.4 Å². The summed E-state index contributed by atoms with van der Waals surface area (Å²) in [6.45, 7) is 5.24. The molecule has 0 fully saturated rings. The number of rotatable bonds is 3. The van der Waals surface area contributed by atoms with Gasteiger partial charge in [0.2, 0.25) is 0 Å². The second kappa shape index (κ2) is 7.27. The average molecular weight is 349 g/mol. The number of amides is 2. The van der Waals surface area contributed by atoms with Gasteiger partial charge in [-0.1, -0.05) is 11.6 Å². The molecule has 0 aliphatic rings. The van der Waals surface area contributed by atoms with Crippen molar-refractivity contribution in [2.75, 3.05) is 10.6 Å². The fourth-order valence-electron chi connectivity index (χ4n) is 1.74. The quantitative estimate of drug-likeness (QED) is 0.824. The lowest BCUT2D eigenvalue weighted by atomic mass is 10.2. The monoisotopic (exact) mass is 348 g/mol. The van der Waals surface area contributed by atoms with Crippen molar-refractivity contribution in [3.63, 3.8) is 0 Å². The Balaban J connectivity index is 2.14. The second-order valence-corrected chi connectivity index (χ2v) is 6.24. The third kappa shape index (κ3) is 5.20. The van der Waals surface area contributed by atoms with E-state index in [2.05, 4.69) is 20.6 Å². The molecule has 0 atom stereocenters. The van der Waals surface area contributed by atoms with E-state index in [4.69, 9.17) is 16.3 Å². The van der Waals surface area contributed by atoms with Gasteiger partial charge in [-0.15, -0.1) is 0 Å². The summed E-state index contributed by atoms with van der Waals surface area (Å²) in [4.78, 5) is 32.1. The molecule has 2 N–H and O–H groups in total. The molecule has 0 aromatic carbocycles. The van der Waals surface area contributed by atoms with Gasteiger partial charge >= 0.3 is 6.09 Å². The number of aromatic nitrogens is 2. The van der Waals surface area contributed by atoms with Crippen molar-refractivity contribution in [1.82, 2.24) is 9.97 Å². The number of carbonyl (C=O) groups is 2. The maximum absolute atomic E-state index is 12.4. The molecule has 2 aromatic rings. The molecule has 0 aliphatic heterocycles. The predicted octanol–water partition coefficient (Wildman–Crippen LogP) is 3.73. The number of hydrogen-bond acceptors (Lipinski definition) is 5. The highest BCUT2D eigenvalue weighted by Crippen LogP contribution is 2.17. The number of halogens is 1. The third-order valence-corrected chi connectivity index (χ3v) is 2.87. The number of hydrogen-bond donors (Lipinski definition) is 2. The summed E-state index contributed by atoms with van der Waals surface area (Å²) in [6.07, 6.45) is 2.21. The van der Waals surface area contributed by atoms with Crippen molar-refractivity contribution >= 4 is 35.0 Å². The zero-order valence-corrected chi connectivity index (χ0v) is 14.2. The minimum absolute atomic E-state index is 0.0540. The lowest BCUT2D eigenvalue weighted by Crippen LogP contribution is -2.28. The number of pyridine rings is 2. The molecule has 0 bridgehead atoms. The van der Waals surface area contributed by atoms with Crippen LogP contribution in [0.4, 0.5) is 16.2 Å². The molecule has 0 radical (unpaired) electrons.